The van der Waals surface area contributed by atoms with E-state index in [1.165, 1.54) is 17.3 Å². The van der Waals surface area contributed by atoms with Crippen molar-refractivity contribution >= 4 is 22.7 Å². The van der Waals surface area contributed by atoms with Gasteiger partial charge in [0.15, 0.2) is 16.4 Å². The van der Waals surface area contributed by atoms with Crippen molar-refractivity contribution in [2.75, 3.05) is 0 Å². The predicted octanol–water partition coefficient (Wildman–Crippen LogP) is 5.21. The Kier molecular flexibility index (Phi) is 6.65. The average Bonchev–Trinajstić information content (AvgIpc) is 3.15. The van der Waals surface area contributed by atoms with E-state index in [2.05, 4.69) is 54.2 Å². The van der Waals surface area contributed by atoms with Crippen molar-refractivity contribution < 1.29 is 4.74 Å². The Balaban J connectivity index is 1.41. The van der Waals surface area contributed by atoms with Gasteiger partial charge in [0.25, 0.3) is 0 Å². The first-order chi connectivity index (χ1) is 15.4. The van der Waals surface area contributed by atoms with Crippen molar-refractivity contribution in [3.8, 4) is 5.75 Å². The molecule has 0 radical (unpaired) electrons. The van der Waals surface area contributed by atoms with Gasteiger partial charge in [-0.2, -0.15) is 0 Å². The number of pyridine rings is 1. The summed E-state index contributed by atoms with van der Waals surface area (Å²) < 4.78 is 7.82. The molecular weight excluding hydrogens is 420 g/mol. The zero-order chi connectivity index (χ0) is 22.7. The number of hydrogen-bond acceptors (Lipinski definition) is 5. The van der Waals surface area contributed by atoms with Crippen molar-refractivity contribution in [1.82, 2.24) is 19.7 Å². The van der Waals surface area contributed by atoms with Crippen LogP contribution in [0.3, 0.4) is 0 Å². The molecule has 4 aromatic rings. The number of nitrogens with zero attached hydrogens (tertiary/aromatic N) is 3. The van der Waals surface area contributed by atoms with Crippen LogP contribution in [0.2, 0.25) is 0 Å². The van der Waals surface area contributed by atoms with Crippen LogP contribution in [0.4, 0.5) is 0 Å². The van der Waals surface area contributed by atoms with E-state index in [0.717, 1.165) is 45.3 Å². The summed E-state index contributed by atoms with van der Waals surface area (Å²) in [5.41, 5.74) is 4.21. The summed E-state index contributed by atoms with van der Waals surface area (Å²) in [6, 6.07) is 15.8. The Morgan fingerprint density at radius 1 is 1.09 bits per heavy atom. The molecule has 0 amide bonds. The van der Waals surface area contributed by atoms with Crippen molar-refractivity contribution in [2.45, 2.75) is 50.6 Å². The van der Waals surface area contributed by atoms with Crippen LogP contribution in [-0.4, -0.2) is 19.7 Å². The Morgan fingerprint density at radius 2 is 1.88 bits per heavy atom. The smallest absolute Gasteiger partial charge is 0.191 e. The summed E-state index contributed by atoms with van der Waals surface area (Å²) >= 11 is 1.54. The monoisotopic (exact) mass is 448 g/mol. The quantitative estimate of drug-likeness (QED) is 0.375. The minimum Gasteiger partial charge on any atom is -0.486 e. The first kappa shape index (κ1) is 22.1. The largest absolute Gasteiger partial charge is 0.486 e. The maximum Gasteiger partial charge on any atom is 0.191 e. The topological polar surface area (TPSA) is 72.8 Å². The van der Waals surface area contributed by atoms with Crippen molar-refractivity contribution in [3.63, 3.8) is 0 Å². The standard InChI is InChI=1S/C25H28N4O2S/c1-5-17-6-11-22-21(12-17)23(30)13-19(26-22)15-32-25-28-27-24(29(25)4)14-31-20-9-7-18(8-10-20)16(2)3/h6-13,16H,5,14-15H2,1-4H3,(H,26,30). The molecule has 4 rings (SSSR count). The first-order valence-corrected chi connectivity index (χ1v) is 11.8. The molecule has 2 aromatic carbocycles. The van der Waals surface area contributed by atoms with Crippen LogP contribution in [0.25, 0.3) is 10.9 Å². The normalized spacial score (nSPS) is 11.4. The van der Waals surface area contributed by atoms with Crippen LogP contribution < -0.4 is 10.2 Å². The molecule has 6 nitrogen and oxygen atoms in total. The zero-order valence-corrected chi connectivity index (χ0v) is 19.7. The summed E-state index contributed by atoms with van der Waals surface area (Å²) in [4.78, 5) is 15.9. The molecule has 32 heavy (non-hydrogen) atoms. The molecule has 0 aliphatic carbocycles. The minimum absolute atomic E-state index is 0.0418. The minimum atomic E-state index is 0.0418. The van der Waals surface area contributed by atoms with E-state index in [0.29, 0.717) is 18.3 Å². The summed E-state index contributed by atoms with van der Waals surface area (Å²) in [7, 11) is 1.93. The van der Waals surface area contributed by atoms with Gasteiger partial charge >= 0.3 is 0 Å². The molecule has 1 N–H and O–H groups in total. The van der Waals surface area contributed by atoms with Gasteiger partial charge in [-0.15, -0.1) is 10.2 Å². The number of ether oxygens (including phenoxy) is 1. The highest BCUT2D eigenvalue weighted by molar-refractivity contribution is 7.98. The SMILES string of the molecule is CCc1ccc2[nH]c(CSc3nnc(COc4ccc(C(C)C)cc4)n3C)cc(=O)c2c1. The van der Waals surface area contributed by atoms with E-state index < -0.39 is 0 Å². The number of rotatable bonds is 8. The second-order valence-corrected chi connectivity index (χ2v) is 9.09. The predicted molar refractivity (Wildman–Crippen MR) is 129 cm³/mol. The molecule has 2 heterocycles. The second kappa shape index (κ2) is 9.61. The molecule has 166 valence electrons. The number of aromatic nitrogens is 4. The first-order valence-electron chi connectivity index (χ1n) is 10.8. The molecule has 0 saturated carbocycles. The van der Waals surface area contributed by atoms with E-state index in [-0.39, 0.29) is 5.43 Å². The van der Waals surface area contributed by atoms with Crippen LogP contribution in [-0.2, 0) is 25.8 Å². The molecule has 0 fully saturated rings. The van der Waals surface area contributed by atoms with E-state index in [1.54, 1.807) is 6.07 Å². The summed E-state index contributed by atoms with van der Waals surface area (Å²) in [5.74, 6) is 2.66. The fraction of sp³-hybridized carbons (Fsp3) is 0.320. The molecule has 2 aromatic heterocycles. The maximum atomic E-state index is 12.5. The van der Waals surface area contributed by atoms with Crippen LogP contribution >= 0.6 is 11.8 Å². The van der Waals surface area contributed by atoms with E-state index in [9.17, 15) is 4.79 Å². The Hall–Kier alpha value is -3.06. The Morgan fingerprint density at radius 3 is 2.59 bits per heavy atom. The van der Waals surface area contributed by atoms with E-state index in [4.69, 9.17) is 4.74 Å². The highest BCUT2D eigenvalue weighted by Gasteiger charge is 2.11. The Labute approximate surface area is 192 Å². The van der Waals surface area contributed by atoms with Gasteiger partial charge in [-0.1, -0.05) is 50.7 Å². The van der Waals surface area contributed by atoms with Crippen molar-refractivity contribution in [2.24, 2.45) is 7.05 Å². The lowest BCUT2D eigenvalue weighted by molar-refractivity contribution is 0.290. The van der Waals surface area contributed by atoms with Crippen molar-refractivity contribution in [3.05, 3.63) is 81.4 Å². The summed E-state index contributed by atoms with van der Waals surface area (Å²) in [6.45, 7) is 6.77. The molecule has 0 spiro atoms. The van der Waals surface area contributed by atoms with Crippen LogP contribution in [0, 0.1) is 0 Å². The molecule has 0 unspecified atom stereocenters. The number of fused-ring (bicyclic) bond motifs is 1. The molecular formula is C25H28N4O2S. The third-order valence-corrected chi connectivity index (χ3v) is 6.62. The van der Waals surface area contributed by atoms with Crippen molar-refractivity contribution in [1.29, 1.82) is 0 Å². The third kappa shape index (κ3) is 4.88. The van der Waals surface area contributed by atoms with Gasteiger partial charge in [-0.05, 0) is 47.7 Å². The van der Waals surface area contributed by atoms with Gasteiger partial charge in [0, 0.05) is 35.5 Å². The molecule has 7 heteroatoms. The maximum absolute atomic E-state index is 12.5. The lowest BCUT2D eigenvalue weighted by Gasteiger charge is -2.09. The molecule has 0 atom stereocenters. The van der Waals surface area contributed by atoms with Crippen LogP contribution in [0.15, 0.2) is 58.5 Å². The van der Waals surface area contributed by atoms with Crippen LogP contribution in [0.5, 0.6) is 5.75 Å². The number of aryl methyl sites for hydroxylation is 1. The van der Waals surface area contributed by atoms with Crippen LogP contribution in [0.1, 0.15) is 49.3 Å². The number of hydrogen-bond donors (Lipinski definition) is 1. The molecule has 0 bridgehead atoms. The lowest BCUT2D eigenvalue weighted by atomic mass is 10.0. The van der Waals surface area contributed by atoms with Gasteiger partial charge in [0.1, 0.15) is 12.4 Å². The van der Waals surface area contributed by atoms with Gasteiger partial charge < -0.3 is 14.3 Å². The Bertz CT molecular complexity index is 1280. The fourth-order valence-electron chi connectivity index (χ4n) is 3.48. The van der Waals surface area contributed by atoms with Gasteiger partial charge in [-0.25, -0.2) is 0 Å². The number of benzene rings is 2. The third-order valence-electron chi connectivity index (χ3n) is 5.55. The lowest BCUT2D eigenvalue weighted by Crippen LogP contribution is -2.06. The molecule has 0 aliphatic rings. The molecule has 0 saturated heterocycles. The highest BCUT2D eigenvalue weighted by Crippen LogP contribution is 2.23. The molecule has 0 aliphatic heterocycles. The number of nitrogens with one attached hydrogen (secondary N) is 1. The number of H-pyrrole nitrogens is 1. The number of thioether (sulfide) groups is 1. The van der Waals surface area contributed by atoms with Gasteiger partial charge in [-0.3, -0.25) is 4.79 Å². The van der Waals surface area contributed by atoms with E-state index in [1.807, 2.05) is 35.9 Å². The fourth-order valence-corrected chi connectivity index (χ4v) is 4.32. The summed E-state index contributed by atoms with van der Waals surface area (Å²) in [5, 5.41) is 10.1. The van der Waals surface area contributed by atoms with E-state index >= 15 is 0 Å². The van der Waals surface area contributed by atoms with Gasteiger partial charge in [0.05, 0.1) is 0 Å². The van der Waals surface area contributed by atoms with Gasteiger partial charge in [0.2, 0.25) is 0 Å². The summed E-state index contributed by atoms with van der Waals surface area (Å²) in [6.07, 6.45) is 0.911. The zero-order valence-electron chi connectivity index (χ0n) is 18.9. The highest BCUT2D eigenvalue weighted by atomic mass is 32.2. The number of aromatic amines is 1. The average molecular weight is 449 g/mol. The second-order valence-electron chi connectivity index (χ2n) is 8.15.